The fourth-order valence-corrected chi connectivity index (χ4v) is 4.82. The van der Waals surface area contributed by atoms with Gasteiger partial charge in [0.25, 0.3) is 11.8 Å². The molecule has 2 heterocycles. The molecule has 0 spiro atoms. The molecule has 0 atom stereocenters. The van der Waals surface area contributed by atoms with Crippen molar-refractivity contribution in [3.05, 3.63) is 65.9 Å². The lowest BCUT2D eigenvalue weighted by molar-refractivity contribution is 0.0247. The molecular formula is C20H16Br3ClN6O4. The van der Waals surface area contributed by atoms with Crippen LogP contribution >= 0.6 is 59.4 Å². The molecule has 0 unspecified atom stereocenters. The van der Waals surface area contributed by atoms with Crippen LogP contribution in [0.5, 0.6) is 0 Å². The molecule has 1 aromatic carbocycles. The number of aryl methyl sites for hydroxylation is 1. The normalized spacial score (nSPS) is 10.7. The third kappa shape index (κ3) is 5.11. The topological polar surface area (TPSA) is 121 Å². The maximum Gasteiger partial charge on any atom is 0.426 e. The van der Waals surface area contributed by atoms with E-state index < -0.39 is 17.9 Å². The van der Waals surface area contributed by atoms with Crippen molar-refractivity contribution in [3.63, 3.8) is 0 Å². The van der Waals surface area contributed by atoms with E-state index in [0.717, 1.165) is 10.0 Å². The predicted octanol–water partition coefficient (Wildman–Crippen LogP) is 5.37. The Kier molecular flexibility index (Phi) is 8.01. The Morgan fingerprint density at radius 2 is 1.82 bits per heavy atom. The Balaban J connectivity index is 2.09. The molecule has 0 fully saturated rings. The highest BCUT2D eigenvalue weighted by Gasteiger charge is 2.28. The van der Waals surface area contributed by atoms with Gasteiger partial charge in [-0.1, -0.05) is 27.5 Å². The number of amides is 3. The van der Waals surface area contributed by atoms with Crippen LogP contribution in [0.1, 0.15) is 26.5 Å². The van der Waals surface area contributed by atoms with Gasteiger partial charge >= 0.3 is 6.09 Å². The number of rotatable bonds is 4. The van der Waals surface area contributed by atoms with Crippen LogP contribution in [0.3, 0.4) is 0 Å². The number of benzene rings is 1. The average molecular weight is 680 g/mol. The first-order valence-corrected chi connectivity index (χ1v) is 12.1. The summed E-state index contributed by atoms with van der Waals surface area (Å²) < 4.78 is 2.64. The molecule has 178 valence electrons. The minimum absolute atomic E-state index is 0.0416. The van der Waals surface area contributed by atoms with Gasteiger partial charge in [-0.15, -0.1) is 0 Å². The number of carboxylic acid groups (broad SMARTS) is 1. The van der Waals surface area contributed by atoms with Crippen LogP contribution in [0, 0.1) is 6.92 Å². The number of hydrazine groups is 1. The highest BCUT2D eigenvalue weighted by Crippen LogP contribution is 2.33. The number of carbonyl (C=O) groups excluding carboxylic acids is 2. The van der Waals surface area contributed by atoms with E-state index in [-0.39, 0.29) is 27.8 Å². The number of aromatic nitrogens is 3. The van der Waals surface area contributed by atoms with Crippen molar-refractivity contribution in [2.75, 3.05) is 19.4 Å². The number of hydrogen-bond donors (Lipinski definition) is 2. The number of nitrogens with zero attached hydrogens (tertiary/aromatic N) is 5. The summed E-state index contributed by atoms with van der Waals surface area (Å²) in [5.41, 5.74) is 0.788. The number of halogens is 4. The molecule has 0 aliphatic carbocycles. The molecule has 3 aromatic rings. The summed E-state index contributed by atoms with van der Waals surface area (Å²) in [5.74, 6) is -1.03. The molecule has 0 radical (unpaired) electrons. The molecular weight excluding hydrogens is 663 g/mol. The van der Waals surface area contributed by atoms with Gasteiger partial charge in [0, 0.05) is 29.2 Å². The minimum Gasteiger partial charge on any atom is -0.464 e. The second-order valence-corrected chi connectivity index (χ2v) is 9.84. The number of hydrogen-bond acceptors (Lipinski definition) is 5. The van der Waals surface area contributed by atoms with E-state index in [1.54, 1.807) is 25.1 Å². The van der Waals surface area contributed by atoms with E-state index in [0.29, 0.717) is 19.1 Å². The van der Waals surface area contributed by atoms with E-state index in [1.165, 1.54) is 31.0 Å². The quantitative estimate of drug-likeness (QED) is 0.358. The zero-order chi connectivity index (χ0) is 25.3. The first-order valence-electron chi connectivity index (χ1n) is 9.35. The largest absolute Gasteiger partial charge is 0.464 e. The molecule has 10 nitrogen and oxygen atoms in total. The molecule has 3 rings (SSSR count). The van der Waals surface area contributed by atoms with Gasteiger partial charge in [-0.2, -0.15) is 5.10 Å². The molecule has 14 heteroatoms. The van der Waals surface area contributed by atoms with Gasteiger partial charge in [0.05, 0.1) is 26.4 Å². The van der Waals surface area contributed by atoms with Crippen LogP contribution in [0.2, 0.25) is 5.02 Å². The zero-order valence-electron chi connectivity index (χ0n) is 17.8. The molecule has 0 saturated heterocycles. The Morgan fingerprint density at radius 1 is 1.15 bits per heavy atom. The van der Waals surface area contributed by atoms with Gasteiger partial charge in [0.15, 0.2) is 5.82 Å². The smallest absolute Gasteiger partial charge is 0.426 e. The van der Waals surface area contributed by atoms with Gasteiger partial charge in [-0.05, 0) is 63.0 Å². The summed E-state index contributed by atoms with van der Waals surface area (Å²) in [4.78, 5) is 42.1. The fraction of sp³-hybridized carbons (Fsp3) is 0.150. The zero-order valence-corrected chi connectivity index (χ0v) is 23.3. The van der Waals surface area contributed by atoms with Crippen molar-refractivity contribution in [3.8, 4) is 5.82 Å². The fourth-order valence-electron chi connectivity index (χ4n) is 2.87. The van der Waals surface area contributed by atoms with Crippen molar-refractivity contribution in [1.82, 2.24) is 24.8 Å². The van der Waals surface area contributed by atoms with Crippen molar-refractivity contribution in [1.29, 1.82) is 0 Å². The minimum atomic E-state index is -1.33. The molecule has 0 aliphatic heterocycles. The molecule has 34 heavy (non-hydrogen) atoms. The Morgan fingerprint density at radius 3 is 2.44 bits per heavy atom. The highest BCUT2D eigenvalue weighted by molar-refractivity contribution is 9.11. The van der Waals surface area contributed by atoms with E-state index >= 15 is 0 Å². The molecule has 2 aromatic heterocycles. The Bertz CT molecular complexity index is 1320. The molecule has 3 amide bonds. The second kappa shape index (κ2) is 10.4. The van der Waals surface area contributed by atoms with Crippen LogP contribution in [0.25, 0.3) is 5.82 Å². The van der Waals surface area contributed by atoms with Crippen LogP contribution in [0.4, 0.5) is 10.5 Å². The monoisotopic (exact) mass is 676 g/mol. The van der Waals surface area contributed by atoms with Crippen LogP contribution in [0.15, 0.2) is 43.9 Å². The number of anilines is 1. The van der Waals surface area contributed by atoms with Gasteiger partial charge in [-0.3, -0.25) is 9.59 Å². The lowest BCUT2D eigenvalue weighted by Crippen LogP contribution is -2.44. The van der Waals surface area contributed by atoms with Crippen LogP contribution in [-0.4, -0.2) is 61.9 Å². The van der Waals surface area contributed by atoms with Crippen molar-refractivity contribution >= 4 is 83.0 Å². The highest BCUT2D eigenvalue weighted by atomic mass is 79.9. The average Bonchev–Trinajstić information content (AvgIpc) is 3.08. The number of carbonyl (C=O) groups is 3. The number of nitrogens with one attached hydrogen (secondary N) is 1. The molecule has 0 bridgehead atoms. The summed E-state index contributed by atoms with van der Waals surface area (Å²) in [6, 6.07) is 6.38. The van der Waals surface area contributed by atoms with Crippen molar-refractivity contribution < 1.29 is 19.5 Å². The maximum atomic E-state index is 13.4. The van der Waals surface area contributed by atoms with Crippen LogP contribution in [-0.2, 0) is 0 Å². The van der Waals surface area contributed by atoms with E-state index in [9.17, 15) is 19.5 Å². The summed E-state index contributed by atoms with van der Waals surface area (Å²) in [5, 5.41) is 18.2. The second-order valence-electron chi connectivity index (χ2n) is 6.87. The Hall–Kier alpha value is -2.48. The first-order chi connectivity index (χ1) is 15.9. The maximum absolute atomic E-state index is 13.4. The first kappa shape index (κ1) is 26.1. The third-order valence-corrected chi connectivity index (χ3v) is 7.01. The van der Waals surface area contributed by atoms with Gasteiger partial charge in [0.1, 0.15) is 5.69 Å². The SMILES string of the molecule is Cc1nn(-c2ncccc2Cl)c(C(=O)Nc2c(Br)cc(Br)cc2C(=O)N(C)N(C)C(=O)O)c1Br. The van der Waals surface area contributed by atoms with Crippen molar-refractivity contribution in [2.45, 2.75) is 6.92 Å². The molecule has 0 saturated carbocycles. The summed E-state index contributed by atoms with van der Waals surface area (Å²) in [6.07, 6.45) is 0.191. The molecule has 0 aliphatic rings. The standard InChI is InChI=1S/C20H16Br3ClN6O4/c1-9-14(23)16(30(27-9)17-13(24)5-4-6-25-17)18(31)26-15-11(7-10(21)8-12(15)22)19(32)28(2)29(3)20(33)34/h4-8H,1-3H3,(H,26,31)(H,33,34). The van der Waals surface area contributed by atoms with Crippen LogP contribution < -0.4 is 5.32 Å². The van der Waals surface area contributed by atoms with E-state index in [2.05, 4.69) is 63.2 Å². The van der Waals surface area contributed by atoms with E-state index in [4.69, 9.17) is 11.6 Å². The summed E-state index contributed by atoms with van der Waals surface area (Å²) in [7, 11) is 2.52. The third-order valence-electron chi connectivity index (χ3n) is 4.69. The van der Waals surface area contributed by atoms with Gasteiger partial charge in [0.2, 0.25) is 0 Å². The number of pyridine rings is 1. The Labute approximate surface area is 224 Å². The predicted molar refractivity (Wildman–Crippen MR) is 136 cm³/mol. The summed E-state index contributed by atoms with van der Waals surface area (Å²) >= 11 is 16.3. The van der Waals surface area contributed by atoms with Crippen molar-refractivity contribution in [2.24, 2.45) is 0 Å². The molecule has 2 N–H and O–H groups in total. The van der Waals surface area contributed by atoms with Gasteiger partial charge < -0.3 is 10.4 Å². The lowest BCUT2D eigenvalue weighted by atomic mass is 10.1. The summed E-state index contributed by atoms with van der Waals surface area (Å²) in [6.45, 7) is 1.70. The van der Waals surface area contributed by atoms with Gasteiger partial charge in [-0.25, -0.2) is 24.5 Å². The lowest BCUT2D eigenvalue weighted by Gasteiger charge is -2.26. The van der Waals surface area contributed by atoms with E-state index in [1.807, 2.05) is 0 Å².